The Hall–Kier alpha value is -4.13. The van der Waals surface area contributed by atoms with Crippen LogP contribution in [0.2, 0.25) is 0 Å². The molecule has 0 amide bonds. The largest absolute Gasteiger partial charge is 0.331 e. The maximum Gasteiger partial charge on any atom is 0.101 e. The molecular weight excluding hydrogens is 444 g/mol. The molecule has 166 valence electrons. The van der Waals surface area contributed by atoms with Crippen LogP contribution in [0.5, 0.6) is 0 Å². The Labute approximate surface area is 208 Å². The van der Waals surface area contributed by atoms with Crippen LogP contribution in [0, 0.1) is 11.3 Å². The zero-order valence-electron chi connectivity index (χ0n) is 19.3. The number of anilines is 2. The molecule has 0 saturated heterocycles. The highest BCUT2D eigenvalue weighted by atomic mass is 32.1. The third kappa shape index (κ3) is 2.81. The molecule has 0 saturated carbocycles. The summed E-state index contributed by atoms with van der Waals surface area (Å²) >= 11 is 1.84. The van der Waals surface area contributed by atoms with Crippen molar-refractivity contribution in [3.63, 3.8) is 0 Å². The fraction of sp³-hybridized carbons (Fsp3) is 0.0938. The van der Waals surface area contributed by atoms with Crippen LogP contribution in [0.25, 0.3) is 31.3 Å². The van der Waals surface area contributed by atoms with E-state index in [1.165, 1.54) is 36.9 Å². The van der Waals surface area contributed by atoms with Crippen molar-refractivity contribution in [2.75, 3.05) is 4.90 Å². The second-order valence-electron chi connectivity index (χ2n) is 9.48. The molecule has 1 aliphatic carbocycles. The van der Waals surface area contributed by atoms with Crippen LogP contribution in [0.15, 0.2) is 109 Å². The first kappa shape index (κ1) is 20.3. The minimum atomic E-state index is -0.197. The quantitative estimate of drug-likeness (QED) is 0.261. The van der Waals surface area contributed by atoms with Crippen LogP contribution in [0.3, 0.4) is 0 Å². The van der Waals surface area contributed by atoms with Crippen molar-refractivity contribution >= 4 is 42.9 Å². The lowest BCUT2D eigenvalue weighted by Crippen LogP contribution is -2.39. The van der Waals surface area contributed by atoms with Crippen LogP contribution >= 0.6 is 11.3 Å². The van der Waals surface area contributed by atoms with Gasteiger partial charge in [-0.2, -0.15) is 5.26 Å². The molecule has 1 aromatic heterocycles. The van der Waals surface area contributed by atoms with Crippen LogP contribution in [0.4, 0.5) is 11.4 Å². The van der Waals surface area contributed by atoms with Crippen LogP contribution in [-0.4, -0.2) is 6.04 Å². The molecule has 2 heterocycles. The summed E-state index contributed by atoms with van der Waals surface area (Å²) in [6.07, 6.45) is 8.81. The van der Waals surface area contributed by atoms with Gasteiger partial charge in [0.15, 0.2) is 0 Å². The monoisotopic (exact) mass is 466 g/mol. The van der Waals surface area contributed by atoms with Gasteiger partial charge >= 0.3 is 0 Å². The Morgan fingerprint density at radius 1 is 0.857 bits per heavy atom. The van der Waals surface area contributed by atoms with Gasteiger partial charge in [0.1, 0.15) is 6.07 Å². The summed E-state index contributed by atoms with van der Waals surface area (Å²) in [6, 6.07) is 32.7. The van der Waals surface area contributed by atoms with Gasteiger partial charge in [-0.25, -0.2) is 0 Å². The van der Waals surface area contributed by atoms with Crippen molar-refractivity contribution in [3.8, 4) is 17.2 Å². The molecule has 0 N–H and O–H groups in total. The lowest BCUT2D eigenvalue weighted by atomic mass is 9.76. The summed E-state index contributed by atoms with van der Waals surface area (Å²) < 4.78 is 2.62. The molecule has 0 bridgehead atoms. The molecule has 2 atom stereocenters. The van der Waals surface area contributed by atoms with Gasteiger partial charge in [-0.15, -0.1) is 11.3 Å². The lowest BCUT2D eigenvalue weighted by molar-refractivity contribution is 0.551. The molecule has 4 aromatic carbocycles. The van der Waals surface area contributed by atoms with E-state index in [2.05, 4.69) is 115 Å². The zero-order valence-corrected chi connectivity index (χ0v) is 20.1. The number of nitriles is 1. The van der Waals surface area contributed by atoms with E-state index >= 15 is 0 Å². The van der Waals surface area contributed by atoms with Crippen molar-refractivity contribution in [1.82, 2.24) is 0 Å². The van der Waals surface area contributed by atoms with Crippen LogP contribution in [-0.2, 0) is 5.41 Å². The molecule has 2 nitrogen and oxygen atoms in total. The average Bonchev–Trinajstić information content (AvgIpc) is 3.41. The highest BCUT2D eigenvalue weighted by Gasteiger charge is 2.47. The highest BCUT2D eigenvalue weighted by Crippen LogP contribution is 2.54. The van der Waals surface area contributed by atoms with Crippen molar-refractivity contribution in [2.24, 2.45) is 0 Å². The number of thiophene rings is 1. The average molecular weight is 467 g/mol. The van der Waals surface area contributed by atoms with Gasteiger partial charge in [0, 0.05) is 36.8 Å². The molecule has 5 aromatic rings. The molecule has 0 fully saturated rings. The van der Waals surface area contributed by atoms with Gasteiger partial charge in [0.05, 0.1) is 17.3 Å². The topological polar surface area (TPSA) is 27.0 Å². The SMILES string of the molecule is CC12C=CC=CC1N(c1ccccc1-c1ccc3sc4ccccc4c3c1)c1c(C#N)cccc12. The molecule has 3 heteroatoms. The van der Waals surface area contributed by atoms with Crippen molar-refractivity contribution < 1.29 is 0 Å². The standard InChI is InChI=1S/C32H22N2S/c1-32-18-7-6-15-30(32)34(31-22(20-33)9-8-12-26(31)32)27-13-4-2-10-23(27)21-16-17-29-25(19-21)24-11-3-5-14-28(24)35-29/h2-19,30H,1H3. The first-order chi connectivity index (χ1) is 17.2. The van der Waals surface area contributed by atoms with E-state index in [0.29, 0.717) is 5.56 Å². The van der Waals surface area contributed by atoms with Gasteiger partial charge in [0.2, 0.25) is 0 Å². The third-order valence-corrected chi connectivity index (χ3v) is 8.72. The number of hydrogen-bond acceptors (Lipinski definition) is 3. The minimum Gasteiger partial charge on any atom is -0.331 e. The van der Waals surface area contributed by atoms with Crippen molar-refractivity contribution in [2.45, 2.75) is 18.4 Å². The molecule has 0 radical (unpaired) electrons. The number of allylic oxidation sites excluding steroid dienone is 2. The maximum atomic E-state index is 10.1. The van der Waals surface area contributed by atoms with E-state index < -0.39 is 0 Å². The van der Waals surface area contributed by atoms with Crippen molar-refractivity contribution in [1.29, 1.82) is 5.26 Å². The third-order valence-electron chi connectivity index (χ3n) is 7.57. The Morgan fingerprint density at radius 2 is 1.69 bits per heavy atom. The van der Waals surface area contributed by atoms with Gasteiger partial charge in [-0.1, -0.05) is 78.9 Å². The van der Waals surface area contributed by atoms with Gasteiger partial charge < -0.3 is 4.90 Å². The van der Waals surface area contributed by atoms with Gasteiger partial charge in [-0.05, 0) is 48.4 Å². The number of hydrogen-bond donors (Lipinski definition) is 0. The second-order valence-corrected chi connectivity index (χ2v) is 10.6. The summed E-state index contributed by atoms with van der Waals surface area (Å²) in [6.45, 7) is 2.28. The summed E-state index contributed by atoms with van der Waals surface area (Å²) in [7, 11) is 0. The summed E-state index contributed by atoms with van der Waals surface area (Å²) in [5, 5.41) is 12.7. The van der Waals surface area contributed by atoms with E-state index in [4.69, 9.17) is 0 Å². The van der Waals surface area contributed by atoms with Crippen LogP contribution in [0.1, 0.15) is 18.1 Å². The van der Waals surface area contributed by atoms with Crippen LogP contribution < -0.4 is 4.90 Å². The number of benzene rings is 4. The Morgan fingerprint density at radius 3 is 2.60 bits per heavy atom. The van der Waals surface area contributed by atoms with E-state index in [9.17, 15) is 5.26 Å². The molecule has 2 aliphatic rings. The van der Waals surface area contributed by atoms with Crippen molar-refractivity contribution in [3.05, 3.63) is 120 Å². The van der Waals surface area contributed by atoms with E-state index in [1.807, 2.05) is 23.5 Å². The molecule has 35 heavy (non-hydrogen) atoms. The number of para-hydroxylation sites is 2. The molecule has 2 unspecified atom stereocenters. The Balaban J connectivity index is 1.48. The smallest absolute Gasteiger partial charge is 0.101 e. The molecule has 0 spiro atoms. The summed E-state index contributed by atoms with van der Waals surface area (Å²) in [4.78, 5) is 2.39. The Bertz CT molecular complexity index is 1750. The first-order valence-corrected chi connectivity index (χ1v) is 12.7. The van der Waals surface area contributed by atoms with E-state index in [-0.39, 0.29) is 11.5 Å². The van der Waals surface area contributed by atoms with Gasteiger partial charge in [-0.3, -0.25) is 0 Å². The summed E-state index contributed by atoms with van der Waals surface area (Å²) in [5.74, 6) is 0. The first-order valence-electron chi connectivity index (χ1n) is 11.9. The number of fused-ring (bicyclic) bond motifs is 6. The lowest BCUT2D eigenvalue weighted by Gasteiger charge is -2.35. The normalized spacial score (nSPS) is 20.2. The predicted octanol–water partition coefficient (Wildman–Crippen LogP) is 8.50. The zero-order chi connectivity index (χ0) is 23.6. The predicted molar refractivity (Wildman–Crippen MR) is 147 cm³/mol. The molecule has 1 aliphatic heterocycles. The van der Waals surface area contributed by atoms with E-state index in [0.717, 1.165) is 11.4 Å². The number of nitrogens with zero attached hydrogens (tertiary/aromatic N) is 2. The molecule has 7 rings (SSSR count). The molecular formula is C32H22N2S. The van der Waals surface area contributed by atoms with E-state index in [1.54, 1.807) is 0 Å². The highest BCUT2D eigenvalue weighted by molar-refractivity contribution is 7.25. The van der Waals surface area contributed by atoms with Gasteiger partial charge in [0.25, 0.3) is 0 Å². The minimum absolute atomic E-state index is 0.101. The second kappa shape index (κ2) is 7.43. The number of rotatable bonds is 2. The fourth-order valence-corrected chi connectivity index (χ4v) is 6.97. The summed E-state index contributed by atoms with van der Waals surface area (Å²) in [5.41, 5.74) is 6.24. The fourth-order valence-electron chi connectivity index (χ4n) is 5.89. The Kier molecular flexibility index (Phi) is 4.30. The maximum absolute atomic E-state index is 10.1.